The molecule has 0 unspecified atom stereocenters. The first-order chi connectivity index (χ1) is 10.0. The van der Waals surface area contributed by atoms with Crippen LogP contribution in [0.5, 0.6) is 0 Å². The van der Waals surface area contributed by atoms with Crippen molar-refractivity contribution in [2.75, 3.05) is 19.6 Å². The van der Waals surface area contributed by atoms with Crippen LogP contribution in [-0.2, 0) is 0 Å². The Hall–Kier alpha value is -1.61. The van der Waals surface area contributed by atoms with Gasteiger partial charge in [-0.25, -0.2) is 0 Å². The van der Waals surface area contributed by atoms with Gasteiger partial charge < -0.3 is 4.98 Å². The number of H-pyrrole nitrogens is 1. The van der Waals surface area contributed by atoms with Crippen LogP contribution in [0.4, 0.5) is 0 Å². The van der Waals surface area contributed by atoms with Crippen LogP contribution in [0.3, 0.4) is 0 Å². The summed E-state index contributed by atoms with van der Waals surface area (Å²) in [6, 6.07) is 6.22. The summed E-state index contributed by atoms with van der Waals surface area (Å²) in [6.45, 7) is 9.24. The first-order valence-electron chi connectivity index (χ1n) is 7.86. The number of nitrogens with zero attached hydrogens (tertiary/aromatic N) is 1. The summed E-state index contributed by atoms with van der Waals surface area (Å²) in [5.41, 5.74) is 3.07. The lowest BCUT2D eigenvalue weighted by Crippen LogP contribution is -2.41. The molecule has 1 aromatic carbocycles. The highest BCUT2D eigenvalue weighted by atomic mass is 16.1. The molecule has 3 heteroatoms. The number of benzene rings is 1. The monoisotopic (exact) mass is 284 g/mol. The van der Waals surface area contributed by atoms with Crippen LogP contribution < -0.4 is 0 Å². The first-order valence-corrected chi connectivity index (χ1v) is 7.86. The van der Waals surface area contributed by atoms with Gasteiger partial charge in [-0.3, -0.25) is 9.69 Å². The summed E-state index contributed by atoms with van der Waals surface area (Å²) in [4.78, 5) is 18.2. The minimum atomic E-state index is 0.230. The van der Waals surface area contributed by atoms with Crippen molar-refractivity contribution >= 4 is 16.7 Å². The molecule has 0 radical (unpaired) electrons. The second-order valence-electron chi connectivity index (χ2n) is 6.81. The van der Waals surface area contributed by atoms with Crippen LogP contribution >= 0.6 is 0 Å². The third-order valence-corrected chi connectivity index (χ3v) is 4.45. The zero-order chi connectivity index (χ0) is 15.0. The van der Waals surface area contributed by atoms with E-state index in [0.29, 0.717) is 18.4 Å². The third-order valence-electron chi connectivity index (χ3n) is 4.45. The van der Waals surface area contributed by atoms with Crippen LogP contribution in [-0.4, -0.2) is 35.3 Å². The first kappa shape index (κ1) is 14.3. The van der Waals surface area contributed by atoms with E-state index in [2.05, 4.69) is 42.8 Å². The molecule has 1 N–H and O–H groups in total. The van der Waals surface area contributed by atoms with Crippen LogP contribution in [0.2, 0.25) is 0 Å². The Morgan fingerprint density at radius 2 is 2.00 bits per heavy atom. The highest BCUT2D eigenvalue weighted by molar-refractivity contribution is 6.08. The number of hydrogen-bond donors (Lipinski definition) is 1. The average molecular weight is 284 g/mol. The number of likely N-dealkylation sites (tertiary alicyclic amines) is 1. The molecule has 0 bridgehead atoms. The van der Waals surface area contributed by atoms with Gasteiger partial charge in [-0.2, -0.15) is 0 Å². The van der Waals surface area contributed by atoms with Crippen LogP contribution in [0.25, 0.3) is 10.9 Å². The Morgan fingerprint density at radius 1 is 1.29 bits per heavy atom. The highest BCUT2D eigenvalue weighted by Gasteiger charge is 2.24. The molecule has 2 aromatic rings. The summed E-state index contributed by atoms with van der Waals surface area (Å²) < 4.78 is 0. The van der Waals surface area contributed by atoms with Gasteiger partial charge in [-0.1, -0.05) is 25.5 Å². The van der Waals surface area contributed by atoms with Crippen molar-refractivity contribution in [3.8, 4) is 0 Å². The quantitative estimate of drug-likeness (QED) is 0.874. The number of aryl methyl sites for hydroxylation is 1. The largest absolute Gasteiger partial charge is 0.360 e. The Bertz CT molecular complexity index is 648. The maximum atomic E-state index is 12.7. The molecule has 1 aliphatic rings. The number of rotatable bonds is 3. The molecule has 3 rings (SSSR count). The van der Waals surface area contributed by atoms with E-state index in [9.17, 15) is 4.79 Å². The van der Waals surface area contributed by atoms with Crippen LogP contribution in [0.15, 0.2) is 24.4 Å². The number of ketones is 1. The van der Waals surface area contributed by atoms with E-state index in [1.54, 1.807) is 0 Å². The molecule has 3 nitrogen and oxygen atoms in total. The van der Waals surface area contributed by atoms with Crippen molar-refractivity contribution in [2.24, 2.45) is 11.8 Å². The zero-order valence-corrected chi connectivity index (χ0v) is 13.1. The number of nitrogens with one attached hydrogen (secondary N) is 1. The van der Waals surface area contributed by atoms with Crippen LogP contribution in [0.1, 0.15) is 36.2 Å². The number of Topliss-reactive ketones (excluding diaryl/α,β-unsaturated/α-hetero) is 1. The van der Waals surface area contributed by atoms with Gasteiger partial charge in [-0.05, 0) is 37.3 Å². The maximum absolute atomic E-state index is 12.7. The number of carbonyl (C=O) groups excluding carboxylic acids is 1. The molecule has 0 amide bonds. The van der Waals surface area contributed by atoms with Gasteiger partial charge in [-0.15, -0.1) is 0 Å². The van der Waals surface area contributed by atoms with E-state index >= 15 is 0 Å². The minimum absolute atomic E-state index is 0.230. The van der Waals surface area contributed by atoms with E-state index in [1.165, 1.54) is 12.0 Å². The molecule has 1 aromatic heterocycles. The molecule has 1 aliphatic heterocycles. The number of piperidine rings is 1. The molecule has 0 saturated carbocycles. The van der Waals surface area contributed by atoms with Crippen molar-refractivity contribution in [3.05, 3.63) is 35.5 Å². The van der Waals surface area contributed by atoms with Gasteiger partial charge in [0.1, 0.15) is 0 Å². The summed E-state index contributed by atoms with van der Waals surface area (Å²) in [6.07, 6.45) is 3.14. The number of fused-ring (bicyclic) bond motifs is 1. The van der Waals surface area contributed by atoms with Crippen molar-refractivity contribution in [1.82, 2.24) is 9.88 Å². The molecular weight excluding hydrogens is 260 g/mol. The zero-order valence-electron chi connectivity index (χ0n) is 13.1. The lowest BCUT2D eigenvalue weighted by atomic mass is 9.91. The predicted octanol–water partition coefficient (Wildman–Crippen LogP) is 3.64. The fourth-order valence-electron chi connectivity index (χ4n) is 3.67. The van der Waals surface area contributed by atoms with Gasteiger partial charge in [0.25, 0.3) is 0 Å². The molecule has 1 saturated heterocycles. The van der Waals surface area contributed by atoms with Gasteiger partial charge in [0.2, 0.25) is 0 Å². The van der Waals surface area contributed by atoms with E-state index in [1.807, 2.05) is 12.3 Å². The van der Waals surface area contributed by atoms with E-state index < -0.39 is 0 Å². The molecule has 2 heterocycles. The lowest BCUT2D eigenvalue weighted by Gasteiger charge is -2.34. The summed E-state index contributed by atoms with van der Waals surface area (Å²) in [5, 5.41) is 1.05. The van der Waals surface area contributed by atoms with Crippen molar-refractivity contribution in [3.63, 3.8) is 0 Å². The molecule has 2 atom stereocenters. The van der Waals surface area contributed by atoms with Gasteiger partial charge >= 0.3 is 0 Å². The summed E-state index contributed by atoms with van der Waals surface area (Å²) in [5.74, 6) is 1.60. The molecule has 0 spiro atoms. The fraction of sp³-hybridized carbons (Fsp3) is 0.500. The summed E-state index contributed by atoms with van der Waals surface area (Å²) in [7, 11) is 0. The number of aromatic amines is 1. The maximum Gasteiger partial charge on any atom is 0.178 e. The van der Waals surface area contributed by atoms with E-state index in [4.69, 9.17) is 0 Å². The Kier molecular flexibility index (Phi) is 3.85. The van der Waals surface area contributed by atoms with Crippen molar-refractivity contribution in [1.29, 1.82) is 0 Å². The second kappa shape index (κ2) is 5.64. The number of carbonyl (C=O) groups is 1. The smallest absolute Gasteiger partial charge is 0.178 e. The molecule has 112 valence electrons. The standard InChI is InChI=1S/C18H24N2O/c1-12-4-5-17-15(7-12)16(8-19-17)18(21)11-20-9-13(2)6-14(3)10-20/h4-5,7-8,13-14,19H,6,9-11H2,1-3H3/t13-,14-/m1/s1. The molecule has 21 heavy (non-hydrogen) atoms. The predicted molar refractivity (Wildman–Crippen MR) is 86.8 cm³/mol. The Labute approximate surface area is 126 Å². The van der Waals surface area contributed by atoms with Crippen LogP contribution in [0, 0.1) is 18.8 Å². The Morgan fingerprint density at radius 3 is 2.71 bits per heavy atom. The second-order valence-corrected chi connectivity index (χ2v) is 6.81. The number of hydrogen-bond acceptors (Lipinski definition) is 2. The molecular formula is C18H24N2O. The SMILES string of the molecule is Cc1ccc2[nH]cc(C(=O)CN3C[C@H](C)C[C@@H](C)C3)c2c1. The van der Waals surface area contributed by atoms with Gasteiger partial charge in [0, 0.05) is 35.8 Å². The topological polar surface area (TPSA) is 36.1 Å². The number of aromatic nitrogens is 1. The normalized spacial score (nSPS) is 23.6. The third kappa shape index (κ3) is 3.03. The Balaban J connectivity index is 1.79. The van der Waals surface area contributed by atoms with Crippen molar-refractivity contribution < 1.29 is 4.79 Å². The molecule has 1 fully saturated rings. The average Bonchev–Trinajstić information content (AvgIpc) is 2.80. The van der Waals surface area contributed by atoms with Gasteiger partial charge in [0.15, 0.2) is 5.78 Å². The minimum Gasteiger partial charge on any atom is -0.360 e. The molecule has 0 aliphatic carbocycles. The van der Waals surface area contributed by atoms with Gasteiger partial charge in [0.05, 0.1) is 6.54 Å². The van der Waals surface area contributed by atoms with Crippen molar-refractivity contribution in [2.45, 2.75) is 27.2 Å². The highest BCUT2D eigenvalue weighted by Crippen LogP contribution is 2.23. The van der Waals surface area contributed by atoms with E-state index in [0.717, 1.165) is 29.6 Å². The summed E-state index contributed by atoms with van der Waals surface area (Å²) >= 11 is 0. The fourth-order valence-corrected chi connectivity index (χ4v) is 3.67. The van der Waals surface area contributed by atoms with E-state index in [-0.39, 0.29) is 5.78 Å². The lowest BCUT2D eigenvalue weighted by molar-refractivity contribution is 0.0851.